The molecule has 0 spiro atoms. The predicted molar refractivity (Wildman–Crippen MR) is 321 cm³/mol. The van der Waals surface area contributed by atoms with Crippen LogP contribution in [-0.2, 0) is 20.8 Å². The number of carbonyl (C=O) groups is 7. The van der Waals surface area contributed by atoms with Crippen LogP contribution >= 0.6 is 23.2 Å². The summed E-state index contributed by atoms with van der Waals surface area (Å²) >= 11 is 11.7. The first-order valence-corrected chi connectivity index (χ1v) is 26.9. The molecule has 0 aliphatic rings. The minimum Gasteiger partial charge on any atom is -0.490 e. The molecule has 7 N–H and O–H groups in total. The summed E-state index contributed by atoms with van der Waals surface area (Å²) in [5, 5.41) is 44.7. The Morgan fingerprint density at radius 3 is 1.01 bits per heavy atom. The Hall–Kier alpha value is -10.6. The number of benzene rings is 8. The van der Waals surface area contributed by atoms with Gasteiger partial charge in [0.1, 0.15) is 74.1 Å². The van der Waals surface area contributed by atoms with E-state index in [-0.39, 0.29) is 87.4 Å². The Labute approximate surface area is 503 Å². The van der Waals surface area contributed by atoms with E-state index < -0.39 is 29.8 Å². The molecule has 8 aromatic carbocycles. The molecule has 8 aromatic rings. The maximum absolute atomic E-state index is 12.4. The lowest BCUT2D eigenvalue weighted by Gasteiger charge is -2.13. The van der Waals surface area contributed by atoms with E-state index in [9.17, 15) is 33.6 Å². The van der Waals surface area contributed by atoms with Gasteiger partial charge in [0.15, 0.2) is 0 Å². The zero-order valence-corrected chi connectivity index (χ0v) is 47.2. The number of amides is 3. The Morgan fingerprint density at radius 1 is 0.337 bits per heavy atom. The fourth-order valence-corrected chi connectivity index (χ4v) is 7.56. The standard InChI is InChI=1S/C23H20ClNO5.C22H18ClNO5.C19H19NO7/c24-18-9-5-16(6-10-18)15-22(26)25-20-3-1-2-4-21(20)30-14-13-29-19-11-7-17(8-12-19)23(27)28;23-17-9-5-15(6-10-17)21(25)24-19-3-1-2-4-20(19)29-14-13-28-18-11-7-16(8-12-18)22(26)27;21-17(9-10-18(22)23)20-15-3-1-2-4-16(15)27-12-11-26-14-7-5-13(6-8-14)19(24)25/h1-12H,13-15H2,(H,25,26)(H,27,28);1-12H,13-14H2,(H,24,25)(H,26,27);1-8H,9-12H2,(H,20,21)(H,22,23)(H,24,25). The van der Waals surface area contributed by atoms with Crippen LogP contribution in [0, 0.1) is 0 Å². The Bertz CT molecular complexity index is 3530. The van der Waals surface area contributed by atoms with E-state index in [0.717, 1.165) is 5.56 Å². The van der Waals surface area contributed by atoms with Gasteiger partial charge in [0.2, 0.25) is 11.8 Å². The molecule has 0 aliphatic carbocycles. The van der Waals surface area contributed by atoms with Gasteiger partial charge in [-0.3, -0.25) is 19.2 Å². The molecule has 8 rings (SSSR count). The van der Waals surface area contributed by atoms with Gasteiger partial charge in [0, 0.05) is 22.0 Å². The van der Waals surface area contributed by atoms with Crippen molar-refractivity contribution in [2.24, 2.45) is 0 Å². The van der Waals surface area contributed by atoms with Crippen LogP contribution in [0.1, 0.15) is 59.8 Å². The van der Waals surface area contributed by atoms with Crippen LogP contribution in [0.5, 0.6) is 34.5 Å². The average Bonchev–Trinajstić information content (AvgIpc) is 3.70. The first-order chi connectivity index (χ1) is 41.5. The monoisotopic (exact) mass is 1210 g/mol. The van der Waals surface area contributed by atoms with Crippen molar-refractivity contribution >= 4 is 81.9 Å². The second-order valence-electron chi connectivity index (χ2n) is 17.8. The maximum Gasteiger partial charge on any atom is 0.335 e. The van der Waals surface area contributed by atoms with Gasteiger partial charge < -0.3 is 64.8 Å². The van der Waals surface area contributed by atoms with Crippen molar-refractivity contribution in [3.8, 4) is 34.5 Å². The molecule has 86 heavy (non-hydrogen) atoms. The minimum absolute atomic E-state index is 0.126. The van der Waals surface area contributed by atoms with Gasteiger partial charge in [-0.25, -0.2) is 14.4 Å². The highest BCUT2D eigenvalue weighted by Crippen LogP contribution is 2.27. The summed E-state index contributed by atoms with van der Waals surface area (Å²) in [6.45, 7) is 1.43. The summed E-state index contributed by atoms with van der Waals surface area (Å²) in [6.07, 6.45) is -0.149. The second-order valence-corrected chi connectivity index (χ2v) is 18.7. The zero-order valence-electron chi connectivity index (χ0n) is 45.7. The number of aliphatic carboxylic acids is 1. The van der Waals surface area contributed by atoms with Crippen molar-refractivity contribution in [3.63, 3.8) is 0 Å². The molecule has 444 valence electrons. The molecule has 3 amide bonds. The number of anilines is 3. The molecule has 0 aliphatic heterocycles. The molecule has 20 nitrogen and oxygen atoms in total. The molecule has 0 unspecified atom stereocenters. The number of hydrogen-bond acceptors (Lipinski definition) is 13. The van der Waals surface area contributed by atoms with Crippen molar-refractivity contribution in [1.29, 1.82) is 0 Å². The first-order valence-electron chi connectivity index (χ1n) is 26.2. The topological polar surface area (TPSA) is 292 Å². The van der Waals surface area contributed by atoms with Gasteiger partial charge in [0.05, 0.1) is 46.6 Å². The van der Waals surface area contributed by atoms with Gasteiger partial charge in [-0.1, -0.05) is 71.7 Å². The third-order valence-electron chi connectivity index (χ3n) is 11.5. The molecule has 22 heteroatoms. The van der Waals surface area contributed by atoms with E-state index in [0.29, 0.717) is 67.2 Å². The van der Waals surface area contributed by atoms with Crippen LogP contribution < -0.4 is 44.4 Å². The average molecular weight is 1210 g/mol. The van der Waals surface area contributed by atoms with E-state index in [1.807, 2.05) is 24.3 Å². The molecular weight excluding hydrogens is 1150 g/mol. The van der Waals surface area contributed by atoms with Crippen molar-refractivity contribution in [1.82, 2.24) is 0 Å². The molecular formula is C64H57Cl2N3O17. The van der Waals surface area contributed by atoms with Crippen LogP contribution in [-0.4, -0.2) is 102 Å². The van der Waals surface area contributed by atoms with Crippen LogP contribution in [0.2, 0.25) is 10.0 Å². The lowest BCUT2D eigenvalue weighted by atomic mass is 10.1. The van der Waals surface area contributed by atoms with Crippen LogP contribution in [0.25, 0.3) is 0 Å². The highest BCUT2D eigenvalue weighted by molar-refractivity contribution is 6.31. The lowest BCUT2D eigenvalue weighted by Crippen LogP contribution is -2.16. The summed E-state index contributed by atoms with van der Waals surface area (Å²) in [7, 11) is 0. The number of nitrogens with one attached hydrogen (secondary N) is 3. The van der Waals surface area contributed by atoms with Crippen LogP contribution in [0.15, 0.2) is 194 Å². The van der Waals surface area contributed by atoms with E-state index in [4.69, 9.17) is 72.0 Å². The number of carbonyl (C=O) groups excluding carboxylic acids is 3. The van der Waals surface area contributed by atoms with E-state index in [1.54, 1.807) is 133 Å². The smallest absolute Gasteiger partial charge is 0.335 e. The Kier molecular flexibility index (Phi) is 25.6. The van der Waals surface area contributed by atoms with E-state index in [2.05, 4.69) is 16.0 Å². The molecule has 0 radical (unpaired) electrons. The quantitative estimate of drug-likeness (QED) is 0.0235. The number of carboxylic acid groups (broad SMARTS) is 4. The van der Waals surface area contributed by atoms with Crippen molar-refractivity contribution < 1.29 is 82.4 Å². The molecule has 0 atom stereocenters. The molecule has 0 saturated carbocycles. The first kappa shape index (κ1) is 64.6. The van der Waals surface area contributed by atoms with Gasteiger partial charge >= 0.3 is 23.9 Å². The molecule has 0 fully saturated rings. The van der Waals surface area contributed by atoms with Crippen molar-refractivity contribution in [3.05, 3.63) is 232 Å². The normalized spacial score (nSPS) is 10.2. The SMILES string of the molecule is O=C(Cc1ccc(Cl)cc1)Nc1ccccc1OCCOc1ccc(C(=O)O)cc1.O=C(O)CCC(=O)Nc1ccccc1OCCOc1ccc(C(=O)O)cc1.O=C(O)c1ccc(OCCOc2ccccc2NC(=O)c2ccc(Cl)cc2)cc1. The summed E-state index contributed by atoms with van der Waals surface area (Å²) in [4.78, 5) is 79.5. The lowest BCUT2D eigenvalue weighted by molar-refractivity contribution is -0.138. The largest absolute Gasteiger partial charge is 0.490 e. The Morgan fingerprint density at radius 2 is 0.651 bits per heavy atom. The van der Waals surface area contributed by atoms with Crippen molar-refractivity contribution in [2.45, 2.75) is 19.3 Å². The maximum atomic E-state index is 12.4. The molecule has 0 bridgehead atoms. The molecule has 0 aromatic heterocycles. The fraction of sp³-hybridized carbons (Fsp3) is 0.141. The van der Waals surface area contributed by atoms with Gasteiger partial charge in [-0.2, -0.15) is 0 Å². The third-order valence-corrected chi connectivity index (χ3v) is 12.0. The third kappa shape index (κ3) is 22.6. The van der Waals surface area contributed by atoms with Crippen LogP contribution in [0.3, 0.4) is 0 Å². The zero-order chi connectivity index (χ0) is 61.6. The van der Waals surface area contributed by atoms with Crippen molar-refractivity contribution in [2.75, 3.05) is 55.6 Å². The number of rotatable bonds is 27. The Balaban J connectivity index is 0.000000207. The highest BCUT2D eigenvalue weighted by Gasteiger charge is 2.14. The van der Waals surface area contributed by atoms with E-state index in [1.165, 1.54) is 36.4 Å². The number of halogens is 2. The summed E-state index contributed by atoms with van der Waals surface area (Å²) in [5.41, 5.74) is 3.46. The van der Waals surface area contributed by atoms with E-state index >= 15 is 0 Å². The number of carboxylic acids is 4. The highest BCUT2D eigenvalue weighted by atomic mass is 35.5. The number of aromatic carboxylic acids is 3. The number of ether oxygens (including phenoxy) is 6. The second kappa shape index (κ2) is 34.1. The molecule has 0 saturated heterocycles. The summed E-state index contributed by atoms with van der Waals surface area (Å²) in [6, 6.07) is 53.0. The summed E-state index contributed by atoms with van der Waals surface area (Å²) < 4.78 is 33.6. The van der Waals surface area contributed by atoms with Gasteiger partial charge in [-0.05, 0) is 151 Å². The van der Waals surface area contributed by atoms with Crippen LogP contribution in [0.4, 0.5) is 17.1 Å². The van der Waals surface area contributed by atoms with Gasteiger partial charge in [0.25, 0.3) is 5.91 Å². The fourth-order valence-electron chi connectivity index (χ4n) is 7.31. The number of hydrogen-bond donors (Lipinski definition) is 7. The number of para-hydroxylation sites is 6. The molecule has 0 heterocycles. The summed E-state index contributed by atoms with van der Waals surface area (Å²) in [5.74, 6) is -1.78. The van der Waals surface area contributed by atoms with Gasteiger partial charge in [-0.15, -0.1) is 0 Å². The predicted octanol–water partition coefficient (Wildman–Crippen LogP) is 12.1. The minimum atomic E-state index is -1.04.